The van der Waals surface area contributed by atoms with Crippen LogP contribution in [-0.2, 0) is 4.74 Å². The van der Waals surface area contributed by atoms with Gasteiger partial charge in [0.15, 0.2) is 0 Å². The number of rotatable bonds is 4. The third-order valence-corrected chi connectivity index (χ3v) is 4.19. The molecule has 0 atom stereocenters. The van der Waals surface area contributed by atoms with Gasteiger partial charge in [0.05, 0.1) is 12.3 Å². The van der Waals surface area contributed by atoms with Crippen molar-refractivity contribution < 1.29 is 14.6 Å². The smallest absolute Gasteiger partial charge is 0.350 e. The van der Waals surface area contributed by atoms with Crippen LogP contribution in [0.25, 0.3) is 10.6 Å². The Kier molecular flexibility index (Phi) is 4.63. The number of hydrogen-bond donors (Lipinski definition) is 1. The molecule has 0 unspecified atom stereocenters. The quantitative estimate of drug-likeness (QED) is 0.863. The fourth-order valence-electron chi connectivity index (χ4n) is 2.07. The number of phenolic OH excluding ortho intramolecular Hbond substituents is 1. The van der Waals surface area contributed by atoms with E-state index in [1.165, 1.54) is 11.3 Å². The molecule has 0 radical (unpaired) electrons. The van der Waals surface area contributed by atoms with Crippen LogP contribution in [0.3, 0.4) is 0 Å². The Morgan fingerprint density at radius 3 is 2.71 bits per heavy atom. The maximum Gasteiger partial charge on any atom is 0.350 e. The number of carbonyl (C=O) groups is 1. The molecule has 1 aromatic carbocycles. The van der Waals surface area contributed by atoms with Crippen molar-refractivity contribution in [2.24, 2.45) is 0 Å². The highest BCUT2D eigenvalue weighted by atomic mass is 32.1. The third-order valence-electron chi connectivity index (χ3n) is 3.10. The first-order valence-corrected chi connectivity index (χ1v) is 7.73. The molecule has 2 rings (SSSR count). The Morgan fingerprint density at radius 1 is 1.43 bits per heavy atom. The van der Waals surface area contributed by atoms with Gasteiger partial charge in [0.1, 0.15) is 15.6 Å². The van der Waals surface area contributed by atoms with Gasteiger partial charge in [-0.15, -0.1) is 11.3 Å². The SMILES string of the molecule is CCOC(=O)c1sc(-c2ccc(O)cc2C)nc1C(C)C. The summed E-state index contributed by atoms with van der Waals surface area (Å²) in [6, 6.07) is 5.14. The molecule has 0 aliphatic carbocycles. The van der Waals surface area contributed by atoms with Crippen LogP contribution in [0.1, 0.15) is 47.6 Å². The van der Waals surface area contributed by atoms with E-state index in [1.807, 2.05) is 26.8 Å². The lowest BCUT2D eigenvalue weighted by Crippen LogP contribution is -2.06. The lowest BCUT2D eigenvalue weighted by atomic mass is 10.1. The number of nitrogens with zero attached hydrogens (tertiary/aromatic N) is 1. The molecule has 0 spiro atoms. The van der Waals surface area contributed by atoms with Crippen LogP contribution in [0.5, 0.6) is 5.75 Å². The third kappa shape index (κ3) is 3.24. The van der Waals surface area contributed by atoms with Crippen molar-refractivity contribution >= 4 is 17.3 Å². The van der Waals surface area contributed by atoms with Gasteiger partial charge in [0, 0.05) is 5.56 Å². The van der Waals surface area contributed by atoms with E-state index >= 15 is 0 Å². The Labute approximate surface area is 128 Å². The fraction of sp³-hybridized carbons (Fsp3) is 0.375. The summed E-state index contributed by atoms with van der Waals surface area (Å²) in [5.74, 6) is 0.0516. The molecule has 1 heterocycles. The lowest BCUT2D eigenvalue weighted by molar-refractivity contribution is 0.0530. The molecular weight excluding hydrogens is 286 g/mol. The van der Waals surface area contributed by atoms with E-state index < -0.39 is 0 Å². The topological polar surface area (TPSA) is 59.4 Å². The molecule has 0 saturated heterocycles. The normalized spacial score (nSPS) is 10.9. The highest BCUT2D eigenvalue weighted by Gasteiger charge is 2.22. The predicted molar refractivity (Wildman–Crippen MR) is 84.0 cm³/mol. The Bertz CT molecular complexity index is 662. The van der Waals surface area contributed by atoms with Gasteiger partial charge in [0.25, 0.3) is 0 Å². The number of esters is 1. The monoisotopic (exact) mass is 305 g/mol. The van der Waals surface area contributed by atoms with Gasteiger partial charge in [-0.2, -0.15) is 0 Å². The van der Waals surface area contributed by atoms with Crippen LogP contribution in [0, 0.1) is 6.92 Å². The zero-order valence-electron chi connectivity index (χ0n) is 12.6. The standard InChI is InChI=1S/C16H19NO3S/c1-5-20-16(19)14-13(9(2)3)17-15(21-14)12-7-6-11(18)8-10(12)4/h6-9,18H,5H2,1-4H3. The van der Waals surface area contributed by atoms with Crippen molar-refractivity contribution in [2.75, 3.05) is 6.61 Å². The van der Waals surface area contributed by atoms with E-state index in [9.17, 15) is 9.90 Å². The van der Waals surface area contributed by atoms with Crippen molar-refractivity contribution in [1.82, 2.24) is 4.98 Å². The average molecular weight is 305 g/mol. The largest absolute Gasteiger partial charge is 0.508 e. The summed E-state index contributed by atoms with van der Waals surface area (Å²) in [6.45, 7) is 8.06. The van der Waals surface area contributed by atoms with Crippen LogP contribution in [0.15, 0.2) is 18.2 Å². The number of phenols is 1. The molecule has 2 aromatic rings. The van der Waals surface area contributed by atoms with Crippen molar-refractivity contribution in [1.29, 1.82) is 0 Å². The molecule has 21 heavy (non-hydrogen) atoms. The number of thiazole rings is 1. The molecule has 0 bridgehead atoms. The summed E-state index contributed by atoms with van der Waals surface area (Å²) >= 11 is 1.34. The van der Waals surface area contributed by atoms with E-state index in [-0.39, 0.29) is 17.6 Å². The second-order valence-electron chi connectivity index (χ2n) is 5.11. The molecule has 1 aromatic heterocycles. The summed E-state index contributed by atoms with van der Waals surface area (Å²) in [7, 11) is 0. The van der Waals surface area contributed by atoms with E-state index in [4.69, 9.17) is 4.74 Å². The van der Waals surface area contributed by atoms with E-state index in [1.54, 1.807) is 19.1 Å². The number of hydrogen-bond acceptors (Lipinski definition) is 5. The molecule has 0 aliphatic rings. The number of carbonyl (C=O) groups excluding carboxylic acids is 1. The van der Waals surface area contributed by atoms with Gasteiger partial charge < -0.3 is 9.84 Å². The van der Waals surface area contributed by atoms with E-state index in [2.05, 4.69) is 4.98 Å². The zero-order chi connectivity index (χ0) is 15.6. The summed E-state index contributed by atoms with van der Waals surface area (Å²) in [4.78, 5) is 17.2. The molecule has 1 N–H and O–H groups in total. The van der Waals surface area contributed by atoms with Crippen molar-refractivity contribution in [3.05, 3.63) is 34.3 Å². The number of aromatic hydroxyl groups is 1. The fourth-order valence-corrected chi connectivity index (χ4v) is 3.27. The van der Waals surface area contributed by atoms with Gasteiger partial charge >= 0.3 is 5.97 Å². The van der Waals surface area contributed by atoms with E-state index in [0.717, 1.165) is 21.8 Å². The van der Waals surface area contributed by atoms with Crippen LogP contribution in [0.2, 0.25) is 0 Å². The number of aromatic nitrogens is 1. The molecule has 0 saturated carbocycles. The summed E-state index contributed by atoms with van der Waals surface area (Å²) in [5.41, 5.74) is 2.62. The van der Waals surface area contributed by atoms with Gasteiger partial charge in [-0.25, -0.2) is 9.78 Å². The minimum absolute atomic E-state index is 0.145. The Balaban J connectivity index is 2.51. The van der Waals surface area contributed by atoms with Crippen LogP contribution >= 0.6 is 11.3 Å². The molecule has 4 nitrogen and oxygen atoms in total. The minimum Gasteiger partial charge on any atom is -0.508 e. The maximum atomic E-state index is 12.1. The van der Waals surface area contributed by atoms with Crippen molar-refractivity contribution in [3.63, 3.8) is 0 Å². The highest BCUT2D eigenvalue weighted by molar-refractivity contribution is 7.17. The average Bonchev–Trinajstić information content (AvgIpc) is 2.84. The second kappa shape index (κ2) is 6.26. The number of benzene rings is 1. The molecule has 112 valence electrons. The number of ether oxygens (including phenoxy) is 1. The highest BCUT2D eigenvalue weighted by Crippen LogP contribution is 2.34. The summed E-state index contributed by atoms with van der Waals surface area (Å²) in [5, 5.41) is 10.3. The van der Waals surface area contributed by atoms with E-state index in [0.29, 0.717) is 11.5 Å². The van der Waals surface area contributed by atoms with Gasteiger partial charge in [-0.1, -0.05) is 13.8 Å². The lowest BCUT2D eigenvalue weighted by Gasteiger charge is -2.04. The van der Waals surface area contributed by atoms with Gasteiger partial charge in [0.2, 0.25) is 0 Å². The van der Waals surface area contributed by atoms with Gasteiger partial charge in [-0.3, -0.25) is 0 Å². The second-order valence-corrected chi connectivity index (χ2v) is 6.11. The molecule has 0 aliphatic heterocycles. The number of aryl methyl sites for hydroxylation is 1. The first-order chi connectivity index (χ1) is 9.93. The molecule has 0 amide bonds. The molecular formula is C16H19NO3S. The van der Waals surface area contributed by atoms with Crippen LogP contribution < -0.4 is 0 Å². The maximum absolute atomic E-state index is 12.1. The zero-order valence-corrected chi connectivity index (χ0v) is 13.5. The minimum atomic E-state index is -0.318. The Hall–Kier alpha value is -1.88. The predicted octanol–water partition coefficient (Wildman–Crippen LogP) is 4.12. The molecule has 0 fully saturated rings. The first kappa shape index (κ1) is 15.5. The Morgan fingerprint density at radius 2 is 2.14 bits per heavy atom. The van der Waals surface area contributed by atoms with Crippen LogP contribution in [-0.4, -0.2) is 22.7 Å². The summed E-state index contributed by atoms with van der Waals surface area (Å²) in [6.07, 6.45) is 0. The summed E-state index contributed by atoms with van der Waals surface area (Å²) < 4.78 is 5.11. The van der Waals surface area contributed by atoms with Crippen molar-refractivity contribution in [2.45, 2.75) is 33.6 Å². The van der Waals surface area contributed by atoms with Crippen molar-refractivity contribution in [3.8, 4) is 16.3 Å². The molecule has 5 heteroatoms. The van der Waals surface area contributed by atoms with Gasteiger partial charge in [-0.05, 0) is 43.5 Å². The first-order valence-electron chi connectivity index (χ1n) is 6.91. The van der Waals surface area contributed by atoms with Crippen LogP contribution in [0.4, 0.5) is 0 Å².